The van der Waals surface area contributed by atoms with Gasteiger partial charge in [-0.1, -0.05) is 40.2 Å². The molecule has 2 aromatic rings. The van der Waals surface area contributed by atoms with Crippen LogP contribution in [0.5, 0.6) is 0 Å². The molecule has 0 unspecified atom stereocenters. The number of aryl methyl sites for hydroxylation is 1. The Morgan fingerprint density at radius 2 is 1.77 bits per heavy atom. The Morgan fingerprint density at radius 1 is 1.15 bits per heavy atom. The van der Waals surface area contributed by atoms with Crippen LogP contribution < -0.4 is 5.73 Å². The maximum atomic E-state index is 5.86. The molecule has 0 saturated carbocycles. The van der Waals surface area contributed by atoms with Gasteiger partial charge in [0.1, 0.15) is 0 Å². The number of nitrogen functional groups attached to an aromatic ring is 1. The number of benzene rings is 2. The van der Waals surface area contributed by atoms with Crippen LogP contribution in [0.4, 0.5) is 5.69 Å². The summed E-state index contributed by atoms with van der Waals surface area (Å²) in [5.41, 5.74) is 7.85. The first-order valence-corrected chi connectivity index (χ1v) is 4.93. The van der Waals surface area contributed by atoms with E-state index in [0.29, 0.717) is 0 Å². The van der Waals surface area contributed by atoms with Crippen LogP contribution >= 0.6 is 15.9 Å². The Balaban J connectivity index is 2.97. The largest absolute Gasteiger partial charge is 0.398 e. The van der Waals surface area contributed by atoms with Gasteiger partial charge in [0.05, 0.1) is 0 Å². The fourth-order valence-corrected chi connectivity index (χ4v) is 2.09. The van der Waals surface area contributed by atoms with Crippen LogP contribution in [0.25, 0.3) is 10.8 Å². The number of nitrogens with two attached hydrogens (primary N) is 1. The second kappa shape index (κ2) is 3.04. The molecule has 0 saturated heterocycles. The molecule has 0 aromatic heterocycles. The molecule has 2 aromatic carbocycles. The molecule has 2 N–H and O–H groups in total. The summed E-state index contributed by atoms with van der Waals surface area (Å²) in [5, 5.41) is 2.43. The number of fused-ring (bicyclic) bond motifs is 1. The molecule has 0 bridgehead atoms. The smallest absolute Gasteiger partial charge is 0.0361 e. The summed E-state index contributed by atoms with van der Waals surface area (Å²) < 4.78 is 1.06. The molecule has 1 nitrogen and oxygen atoms in total. The fraction of sp³-hybridized carbons (Fsp3) is 0.0909. The van der Waals surface area contributed by atoms with E-state index in [2.05, 4.69) is 28.1 Å². The lowest BCUT2D eigenvalue weighted by Gasteiger charge is -2.07. The zero-order valence-electron chi connectivity index (χ0n) is 7.34. The highest BCUT2D eigenvalue weighted by Crippen LogP contribution is 2.30. The van der Waals surface area contributed by atoms with E-state index in [-0.39, 0.29) is 0 Å². The molecule has 0 aliphatic carbocycles. The summed E-state index contributed by atoms with van der Waals surface area (Å²) in [7, 11) is 0. The third-order valence-electron chi connectivity index (χ3n) is 2.30. The molecule has 0 aliphatic heterocycles. The van der Waals surface area contributed by atoms with E-state index in [9.17, 15) is 0 Å². The Labute approximate surface area is 85.7 Å². The third kappa shape index (κ3) is 1.31. The van der Waals surface area contributed by atoms with Crippen LogP contribution in [0.2, 0.25) is 0 Å². The molecule has 0 amide bonds. The predicted octanol–water partition coefficient (Wildman–Crippen LogP) is 3.49. The van der Waals surface area contributed by atoms with Gasteiger partial charge in [0.2, 0.25) is 0 Å². The SMILES string of the molecule is Cc1c(N)cc(Br)c2ccccc12. The fourth-order valence-electron chi connectivity index (χ4n) is 1.50. The number of rotatable bonds is 0. The molecule has 0 fully saturated rings. The molecule has 0 spiro atoms. The third-order valence-corrected chi connectivity index (χ3v) is 2.96. The van der Waals surface area contributed by atoms with Crippen LogP contribution in [0.3, 0.4) is 0 Å². The standard InChI is InChI=1S/C11H10BrN/c1-7-8-4-2-3-5-9(8)10(12)6-11(7)13/h2-6H,13H2,1H3. The molecule has 13 heavy (non-hydrogen) atoms. The number of halogens is 1. The summed E-state index contributed by atoms with van der Waals surface area (Å²) in [6.07, 6.45) is 0. The summed E-state index contributed by atoms with van der Waals surface area (Å²) in [5.74, 6) is 0. The van der Waals surface area contributed by atoms with Crippen LogP contribution in [0.1, 0.15) is 5.56 Å². The molecule has 0 heterocycles. The Kier molecular flexibility index (Phi) is 2.00. The van der Waals surface area contributed by atoms with Gasteiger partial charge in [-0.25, -0.2) is 0 Å². The lowest BCUT2D eigenvalue weighted by Crippen LogP contribution is -1.90. The van der Waals surface area contributed by atoms with Gasteiger partial charge in [-0.05, 0) is 29.3 Å². The summed E-state index contributed by atoms with van der Waals surface area (Å²) in [6, 6.07) is 10.2. The second-order valence-corrected chi connectivity index (χ2v) is 3.97. The second-order valence-electron chi connectivity index (χ2n) is 3.12. The van der Waals surface area contributed by atoms with Crippen LogP contribution in [-0.2, 0) is 0 Å². The Hall–Kier alpha value is -1.02. The van der Waals surface area contributed by atoms with E-state index < -0.39 is 0 Å². The average molecular weight is 236 g/mol. The minimum atomic E-state index is 0.838. The van der Waals surface area contributed by atoms with E-state index in [1.165, 1.54) is 10.8 Å². The highest BCUT2D eigenvalue weighted by Gasteiger charge is 2.03. The van der Waals surface area contributed by atoms with Gasteiger partial charge in [-0.2, -0.15) is 0 Å². The first-order valence-electron chi connectivity index (χ1n) is 4.13. The summed E-state index contributed by atoms with van der Waals surface area (Å²) in [4.78, 5) is 0. The van der Waals surface area contributed by atoms with Gasteiger partial charge in [0.25, 0.3) is 0 Å². The van der Waals surface area contributed by atoms with E-state index in [1.54, 1.807) is 0 Å². The van der Waals surface area contributed by atoms with Crippen molar-refractivity contribution in [3.8, 4) is 0 Å². The van der Waals surface area contributed by atoms with Gasteiger partial charge in [-0.3, -0.25) is 0 Å². The van der Waals surface area contributed by atoms with Gasteiger partial charge in [0.15, 0.2) is 0 Å². The minimum Gasteiger partial charge on any atom is -0.398 e. The van der Waals surface area contributed by atoms with Crippen molar-refractivity contribution in [2.24, 2.45) is 0 Å². The van der Waals surface area contributed by atoms with Crippen molar-refractivity contribution in [3.05, 3.63) is 40.4 Å². The van der Waals surface area contributed by atoms with Crippen molar-refractivity contribution in [2.75, 3.05) is 5.73 Å². The van der Waals surface area contributed by atoms with Crippen molar-refractivity contribution in [1.82, 2.24) is 0 Å². The molecule has 0 radical (unpaired) electrons. The highest BCUT2D eigenvalue weighted by atomic mass is 79.9. The normalized spacial score (nSPS) is 10.6. The van der Waals surface area contributed by atoms with Crippen LogP contribution in [-0.4, -0.2) is 0 Å². The van der Waals surface area contributed by atoms with E-state index >= 15 is 0 Å². The number of hydrogen-bond donors (Lipinski definition) is 1. The lowest BCUT2D eigenvalue weighted by molar-refractivity contribution is 1.51. The lowest BCUT2D eigenvalue weighted by atomic mass is 10.0. The minimum absolute atomic E-state index is 0.838. The quantitative estimate of drug-likeness (QED) is 0.696. The molecular formula is C11H10BrN. The summed E-state index contributed by atoms with van der Waals surface area (Å²) in [6.45, 7) is 2.05. The monoisotopic (exact) mass is 235 g/mol. The average Bonchev–Trinajstić information content (AvgIpc) is 2.15. The highest BCUT2D eigenvalue weighted by molar-refractivity contribution is 9.10. The van der Waals surface area contributed by atoms with E-state index in [4.69, 9.17) is 5.73 Å². The number of hydrogen-bond acceptors (Lipinski definition) is 1. The van der Waals surface area contributed by atoms with Crippen LogP contribution in [0.15, 0.2) is 34.8 Å². The molecule has 0 aliphatic rings. The Bertz CT molecular complexity index is 463. The van der Waals surface area contributed by atoms with E-state index in [0.717, 1.165) is 15.7 Å². The maximum absolute atomic E-state index is 5.86. The first kappa shape index (κ1) is 8.57. The zero-order chi connectivity index (χ0) is 9.42. The van der Waals surface area contributed by atoms with Crippen LogP contribution in [0, 0.1) is 6.92 Å². The van der Waals surface area contributed by atoms with Crippen molar-refractivity contribution in [2.45, 2.75) is 6.92 Å². The molecule has 2 heteroatoms. The predicted molar refractivity (Wildman–Crippen MR) is 60.8 cm³/mol. The van der Waals surface area contributed by atoms with Crippen molar-refractivity contribution in [3.63, 3.8) is 0 Å². The van der Waals surface area contributed by atoms with Gasteiger partial charge in [-0.15, -0.1) is 0 Å². The maximum Gasteiger partial charge on any atom is 0.0361 e. The molecular weight excluding hydrogens is 226 g/mol. The van der Waals surface area contributed by atoms with Gasteiger partial charge >= 0.3 is 0 Å². The van der Waals surface area contributed by atoms with Crippen molar-refractivity contribution < 1.29 is 0 Å². The molecule has 66 valence electrons. The van der Waals surface area contributed by atoms with Crippen molar-refractivity contribution >= 4 is 32.4 Å². The van der Waals surface area contributed by atoms with Crippen molar-refractivity contribution in [1.29, 1.82) is 0 Å². The molecule has 2 rings (SSSR count). The first-order chi connectivity index (χ1) is 6.20. The topological polar surface area (TPSA) is 26.0 Å². The van der Waals surface area contributed by atoms with E-state index in [1.807, 2.05) is 25.1 Å². The zero-order valence-corrected chi connectivity index (χ0v) is 8.93. The molecule has 0 atom stereocenters. The summed E-state index contributed by atoms with van der Waals surface area (Å²) >= 11 is 3.50. The Morgan fingerprint density at radius 3 is 2.46 bits per heavy atom. The van der Waals surface area contributed by atoms with Gasteiger partial charge < -0.3 is 5.73 Å². The van der Waals surface area contributed by atoms with Gasteiger partial charge in [0, 0.05) is 10.2 Å². The number of anilines is 1.